The molecule has 1 aromatic heterocycles. The summed E-state index contributed by atoms with van der Waals surface area (Å²) < 4.78 is 26.5. The number of amides is 4. The fraction of sp³-hybridized carbons (Fsp3) is 0.189. The minimum atomic E-state index is -0.893. The van der Waals surface area contributed by atoms with Gasteiger partial charge in [0.1, 0.15) is 23.2 Å². The minimum Gasteiger partial charge on any atom is -0.478 e. The molecule has 2 heterocycles. The number of hydrogen-bond acceptors (Lipinski definition) is 6. The smallest absolute Gasteiger partial charge is 0.423 e. The lowest BCUT2D eigenvalue weighted by Crippen LogP contribution is -2.45. The monoisotopic (exact) mass is 632 g/mol. The van der Waals surface area contributed by atoms with Crippen molar-refractivity contribution in [3.8, 4) is 11.5 Å². The molecule has 5 aromatic rings. The Morgan fingerprint density at radius 1 is 0.915 bits per heavy atom. The number of benzene rings is 4. The Morgan fingerprint density at radius 3 is 2.19 bits per heavy atom. The first kappa shape index (κ1) is 31.2. The van der Waals surface area contributed by atoms with E-state index in [0.717, 1.165) is 21.6 Å². The number of carbonyl (C=O) groups excluding carboxylic acids is 3. The fourth-order valence-corrected chi connectivity index (χ4v) is 5.71. The average molecular weight is 633 g/mol. The van der Waals surface area contributed by atoms with Gasteiger partial charge in [-0.3, -0.25) is 9.78 Å². The number of imide groups is 1. The molecule has 0 radical (unpaired) electrons. The highest BCUT2D eigenvalue weighted by Gasteiger charge is 2.38. The maximum atomic E-state index is 14.3. The molecule has 0 aliphatic carbocycles. The highest BCUT2D eigenvalue weighted by Crippen LogP contribution is 2.46. The summed E-state index contributed by atoms with van der Waals surface area (Å²) in [5, 5.41) is 3.07. The van der Waals surface area contributed by atoms with Crippen molar-refractivity contribution < 1.29 is 28.2 Å². The Bertz CT molecular complexity index is 1880. The molecule has 4 aromatic carbocycles. The average Bonchev–Trinajstić information content (AvgIpc) is 3.41. The lowest BCUT2D eigenvalue weighted by Gasteiger charge is -2.24. The molecule has 1 aliphatic rings. The van der Waals surface area contributed by atoms with Crippen molar-refractivity contribution in [1.29, 1.82) is 0 Å². The number of nitrogens with one attached hydrogen (secondary N) is 1. The van der Waals surface area contributed by atoms with E-state index in [9.17, 15) is 18.8 Å². The largest absolute Gasteiger partial charge is 0.478 e. The number of aromatic nitrogens is 1. The van der Waals surface area contributed by atoms with E-state index in [4.69, 9.17) is 9.47 Å². The zero-order chi connectivity index (χ0) is 32.9. The Morgan fingerprint density at radius 2 is 1.57 bits per heavy atom. The SMILES string of the molecule is CCNC(=O)N(CC)C(=O)Oc1c2c(c(OC(c3ccccc3)c3ccccc3)c3ncccc13)C(=O)N(Cc1ccc(F)cc1)C2. The molecule has 0 spiro atoms. The van der Waals surface area contributed by atoms with Crippen LogP contribution in [-0.4, -0.2) is 45.9 Å². The Hall–Kier alpha value is -5.77. The molecule has 1 N–H and O–H groups in total. The molecule has 10 heteroatoms. The number of halogens is 1. The summed E-state index contributed by atoms with van der Waals surface area (Å²) in [4.78, 5) is 47.7. The fourth-order valence-electron chi connectivity index (χ4n) is 5.71. The van der Waals surface area contributed by atoms with Gasteiger partial charge in [0.05, 0.1) is 12.1 Å². The Labute approximate surface area is 271 Å². The maximum absolute atomic E-state index is 14.3. The molecule has 0 fully saturated rings. The van der Waals surface area contributed by atoms with Crippen molar-refractivity contribution in [3.63, 3.8) is 0 Å². The van der Waals surface area contributed by atoms with Crippen LogP contribution < -0.4 is 14.8 Å². The summed E-state index contributed by atoms with van der Waals surface area (Å²) >= 11 is 0. The van der Waals surface area contributed by atoms with Gasteiger partial charge in [-0.2, -0.15) is 0 Å². The van der Waals surface area contributed by atoms with Crippen molar-refractivity contribution in [2.24, 2.45) is 0 Å². The molecule has 47 heavy (non-hydrogen) atoms. The Kier molecular flexibility index (Phi) is 9.10. The second-order valence-corrected chi connectivity index (χ2v) is 11.0. The third kappa shape index (κ3) is 6.35. The van der Waals surface area contributed by atoms with Crippen molar-refractivity contribution in [3.05, 3.63) is 137 Å². The van der Waals surface area contributed by atoms with E-state index in [2.05, 4.69) is 10.3 Å². The first-order valence-electron chi connectivity index (χ1n) is 15.4. The van der Waals surface area contributed by atoms with Gasteiger partial charge >= 0.3 is 12.1 Å². The third-order valence-corrected chi connectivity index (χ3v) is 7.95. The van der Waals surface area contributed by atoms with Crippen molar-refractivity contribution >= 4 is 28.9 Å². The van der Waals surface area contributed by atoms with Gasteiger partial charge < -0.3 is 19.7 Å². The first-order chi connectivity index (χ1) is 22.9. The van der Waals surface area contributed by atoms with Crippen LogP contribution in [0, 0.1) is 5.82 Å². The lowest BCUT2D eigenvalue weighted by atomic mass is 9.99. The van der Waals surface area contributed by atoms with Crippen LogP contribution >= 0.6 is 0 Å². The molecule has 9 nitrogen and oxygen atoms in total. The van der Waals surface area contributed by atoms with Crippen molar-refractivity contribution in [2.75, 3.05) is 13.1 Å². The van der Waals surface area contributed by atoms with Crippen molar-refractivity contribution in [1.82, 2.24) is 20.1 Å². The second-order valence-electron chi connectivity index (χ2n) is 11.0. The molecule has 0 saturated carbocycles. The second kappa shape index (κ2) is 13.7. The van der Waals surface area contributed by atoms with Gasteiger partial charge in [0.2, 0.25) is 0 Å². The zero-order valence-electron chi connectivity index (χ0n) is 26.0. The van der Waals surface area contributed by atoms with E-state index in [1.807, 2.05) is 60.7 Å². The van der Waals surface area contributed by atoms with Crippen LogP contribution in [0.25, 0.3) is 10.9 Å². The molecule has 0 atom stereocenters. The number of carbonyl (C=O) groups is 3. The van der Waals surface area contributed by atoms with Gasteiger partial charge in [0.25, 0.3) is 5.91 Å². The summed E-state index contributed by atoms with van der Waals surface area (Å²) in [6.07, 6.45) is 0.0819. The number of nitrogens with zero attached hydrogens (tertiary/aromatic N) is 3. The number of fused-ring (bicyclic) bond motifs is 2. The van der Waals surface area contributed by atoms with Crippen LogP contribution in [0.4, 0.5) is 14.0 Å². The van der Waals surface area contributed by atoms with E-state index in [0.29, 0.717) is 23.0 Å². The van der Waals surface area contributed by atoms with Gasteiger partial charge in [0, 0.05) is 36.8 Å². The number of pyridine rings is 1. The zero-order valence-corrected chi connectivity index (χ0v) is 26.0. The summed E-state index contributed by atoms with van der Waals surface area (Å²) in [6, 6.07) is 28.1. The standard InChI is InChI=1S/C37H33FN4O5/c1-3-39-36(44)42(4-2)37(45)47-33-28-16-11-21-40-31(28)34(46-32(25-12-7-5-8-13-25)26-14-9-6-10-15-26)30-29(33)23-41(35(30)43)22-24-17-19-27(38)20-18-24/h5-21,32H,3-4,22-23H2,1-2H3,(H,39,44). The van der Waals surface area contributed by atoms with E-state index in [-0.39, 0.29) is 48.4 Å². The molecule has 4 amide bonds. The number of urea groups is 1. The third-order valence-electron chi connectivity index (χ3n) is 7.95. The molecule has 1 aliphatic heterocycles. The highest BCUT2D eigenvalue weighted by atomic mass is 19.1. The van der Waals surface area contributed by atoms with E-state index in [1.165, 1.54) is 12.1 Å². The quantitative estimate of drug-likeness (QED) is 0.184. The molecule has 0 saturated heterocycles. The number of hydrogen-bond donors (Lipinski definition) is 1. The highest BCUT2D eigenvalue weighted by molar-refractivity contribution is 6.09. The predicted octanol–water partition coefficient (Wildman–Crippen LogP) is 7.25. The predicted molar refractivity (Wildman–Crippen MR) is 175 cm³/mol. The van der Waals surface area contributed by atoms with Gasteiger partial charge in [-0.25, -0.2) is 18.9 Å². The number of ether oxygens (including phenoxy) is 2. The Balaban J connectivity index is 1.51. The van der Waals surface area contributed by atoms with Gasteiger partial charge in [-0.15, -0.1) is 0 Å². The summed E-state index contributed by atoms with van der Waals surface area (Å²) in [6.45, 7) is 4.05. The maximum Gasteiger partial charge on any atom is 0.423 e. The van der Waals surface area contributed by atoms with Crippen LogP contribution in [-0.2, 0) is 13.1 Å². The van der Waals surface area contributed by atoms with E-state index in [1.54, 1.807) is 49.2 Å². The van der Waals surface area contributed by atoms with Crippen LogP contribution in [0.3, 0.4) is 0 Å². The van der Waals surface area contributed by atoms with Gasteiger partial charge in [0.15, 0.2) is 5.75 Å². The van der Waals surface area contributed by atoms with Gasteiger partial charge in [-0.1, -0.05) is 72.8 Å². The lowest BCUT2D eigenvalue weighted by molar-refractivity contribution is 0.0762. The van der Waals surface area contributed by atoms with Crippen LogP contribution in [0.15, 0.2) is 103 Å². The first-order valence-corrected chi connectivity index (χ1v) is 15.4. The molecule has 6 rings (SSSR count). The molecule has 0 unspecified atom stereocenters. The molecular formula is C37H33FN4O5. The minimum absolute atomic E-state index is 0.0652. The number of rotatable bonds is 9. The van der Waals surface area contributed by atoms with E-state index < -0.39 is 18.2 Å². The topological polar surface area (TPSA) is 101 Å². The molecule has 0 bridgehead atoms. The van der Waals surface area contributed by atoms with E-state index >= 15 is 0 Å². The van der Waals surface area contributed by atoms with Crippen LogP contribution in [0.1, 0.15) is 52.6 Å². The van der Waals surface area contributed by atoms with Gasteiger partial charge in [-0.05, 0) is 54.8 Å². The van der Waals surface area contributed by atoms with Crippen molar-refractivity contribution in [2.45, 2.75) is 33.0 Å². The normalized spacial score (nSPS) is 12.3. The molecular weight excluding hydrogens is 599 g/mol. The summed E-state index contributed by atoms with van der Waals surface area (Å²) in [7, 11) is 0. The molecule has 238 valence electrons. The summed E-state index contributed by atoms with van der Waals surface area (Å²) in [5.41, 5.74) is 3.40. The van der Waals surface area contributed by atoms with Crippen LogP contribution in [0.2, 0.25) is 0 Å². The van der Waals surface area contributed by atoms with Crippen LogP contribution in [0.5, 0.6) is 11.5 Å². The summed E-state index contributed by atoms with van der Waals surface area (Å²) in [5.74, 6) is -0.377.